The maximum Gasteiger partial charge on any atom is 0.0448 e. The monoisotopic (exact) mass is 708 g/mol. The Kier molecular flexibility index (Phi) is 5.97. The van der Waals surface area contributed by atoms with Crippen LogP contribution in [0, 0.1) is 0 Å². The van der Waals surface area contributed by atoms with Crippen molar-refractivity contribution in [2.24, 2.45) is 0 Å². The second-order valence-electron chi connectivity index (χ2n) is 15.2. The summed E-state index contributed by atoms with van der Waals surface area (Å²) in [5.41, 5.74) is 10.7. The summed E-state index contributed by atoms with van der Waals surface area (Å²) >= 11 is 3.87. The SMILES string of the molecule is CC1(C)c2ccccc2-c2ccc(-c3c4ccccc4c(-c4ccc5sc6c(ccc7ccc8c9ccccc9sc8c76)c5c4)c4ccccc34)cc21. The quantitative estimate of drug-likeness (QED) is 0.157. The molecule has 2 heterocycles. The summed E-state index contributed by atoms with van der Waals surface area (Å²) < 4.78 is 5.47. The van der Waals surface area contributed by atoms with E-state index in [1.54, 1.807) is 0 Å². The van der Waals surface area contributed by atoms with Gasteiger partial charge in [0.2, 0.25) is 0 Å². The average Bonchev–Trinajstić information content (AvgIpc) is 3.84. The van der Waals surface area contributed by atoms with Crippen molar-refractivity contribution in [2.45, 2.75) is 19.3 Å². The lowest BCUT2D eigenvalue weighted by atomic mass is 9.80. The van der Waals surface area contributed by atoms with Crippen LogP contribution in [-0.2, 0) is 5.41 Å². The maximum absolute atomic E-state index is 2.48. The van der Waals surface area contributed by atoms with E-state index in [1.807, 2.05) is 22.7 Å². The molecule has 11 aromatic rings. The van der Waals surface area contributed by atoms with Gasteiger partial charge >= 0.3 is 0 Å². The Morgan fingerprint density at radius 1 is 0.377 bits per heavy atom. The normalized spacial score (nSPS) is 13.6. The fraction of sp³-hybridized carbons (Fsp3) is 0.0588. The summed E-state index contributed by atoms with van der Waals surface area (Å²) in [4.78, 5) is 0. The van der Waals surface area contributed by atoms with Crippen LogP contribution < -0.4 is 0 Å². The van der Waals surface area contributed by atoms with Crippen molar-refractivity contribution in [3.63, 3.8) is 0 Å². The Morgan fingerprint density at radius 3 is 1.57 bits per heavy atom. The summed E-state index contributed by atoms with van der Waals surface area (Å²) in [6, 6.07) is 59.6. The third-order valence-corrected chi connectivity index (χ3v) is 14.5. The first kappa shape index (κ1) is 29.7. The van der Waals surface area contributed by atoms with Gasteiger partial charge in [-0.2, -0.15) is 0 Å². The van der Waals surface area contributed by atoms with Crippen molar-refractivity contribution in [3.05, 3.63) is 169 Å². The number of hydrogen-bond donors (Lipinski definition) is 0. The maximum atomic E-state index is 2.48. The molecule has 0 saturated heterocycles. The Labute approximate surface area is 315 Å². The van der Waals surface area contributed by atoms with Crippen molar-refractivity contribution in [1.82, 2.24) is 0 Å². The molecule has 53 heavy (non-hydrogen) atoms. The highest BCUT2D eigenvalue weighted by atomic mass is 32.1. The molecule has 0 fully saturated rings. The average molecular weight is 709 g/mol. The van der Waals surface area contributed by atoms with Gasteiger partial charge in [-0.05, 0) is 95.7 Å². The molecule has 0 nitrogen and oxygen atoms in total. The second-order valence-corrected chi connectivity index (χ2v) is 17.3. The minimum absolute atomic E-state index is 0.0553. The molecule has 12 rings (SSSR count). The summed E-state index contributed by atoms with van der Waals surface area (Å²) in [7, 11) is 0. The van der Waals surface area contributed by atoms with Crippen LogP contribution in [0.3, 0.4) is 0 Å². The first-order chi connectivity index (χ1) is 26.0. The first-order valence-electron chi connectivity index (χ1n) is 18.4. The van der Waals surface area contributed by atoms with E-state index in [9.17, 15) is 0 Å². The van der Waals surface area contributed by atoms with Gasteiger partial charge in [-0.15, -0.1) is 22.7 Å². The third kappa shape index (κ3) is 4.00. The molecular weight excluding hydrogens is 677 g/mol. The van der Waals surface area contributed by atoms with Crippen LogP contribution in [0.1, 0.15) is 25.0 Å². The van der Waals surface area contributed by atoms with Gasteiger partial charge in [0, 0.05) is 51.1 Å². The van der Waals surface area contributed by atoms with Crippen LogP contribution in [0.5, 0.6) is 0 Å². The topological polar surface area (TPSA) is 0 Å². The molecule has 2 aromatic heterocycles. The van der Waals surface area contributed by atoms with E-state index >= 15 is 0 Å². The van der Waals surface area contributed by atoms with Crippen molar-refractivity contribution < 1.29 is 0 Å². The van der Waals surface area contributed by atoms with Crippen molar-refractivity contribution >= 4 is 95.3 Å². The Balaban J connectivity index is 1.10. The molecular formula is C51H32S2. The highest BCUT2D eigenvalue weighted by Gasteiger charge is 2.35. The zero-order valence-corrected chi connectivity index (χ0v) is 31.0. The Bertz CT molecular complexity index is 3310. The molecule has 0 N–H and O–H groups in total. The molecule has 2 heteroatoms. The van der Waals surface area contributed by atoms with Crippen LogP contribution in [0.15, 0.2) is 158 Å². The molecule has 0 unspecified atom stereocenters. The Hall–Kier alpha value is -5.80. The summed E-state index contributed by atoms with van der Waals surface area (Å²) in [6.45, 7) is 4.75. The summed E-state index contributed by atoms with van der Waals surface area (Å²) in [5, 5.41) is 13.3. The molecule has 0 saturated carbocycles. The molecule has 1 aliphatic carbocycles. The first-order valence-corrected chi connectivity index (χ1v) is 20.1. The fourth-order valence-electron chi connectivity index (χ4n) is 9.58. The van der Waals surface area contributed by atoms with Crippen LogP contribution in [-0.4, -0.2) is 0 Å². The van der Waals surface area contributed by atoms with Gasteiger partial charge in [0.15, 0.2) is 0 Å². The van der Waals surface area contributed by atoms with Crippen molar-refractivity contribution in [1.29, 1.82) is 0 Å². The van der Waals surface area contributed by atoms with E-state index in [4.69, 9.17) is 0 Å². The smallest absolute Gasteiger partial charge is 0.0448 e. The van der Waals surface area contributed by atoms with Gasteiger partial charge < -0.3 is 0 Å². The fourth-order valence-corrected chi connectivity index (χ4v) is 12.2. The largest absolute Gasteiger partial charge is 0.134 e. The molecule has 1 aliphatic rings. The van der Waals surface area contributed by atoms with E-state index in [1.165, 1.54) is 117 Å². The van der Waals surface area contributed by atoms with Crippen molar-refractivity contribution in [3.8, 4) is 33.4 Å². The predicted octanol–water partition coefficient (Wildman–Crippen LogP) is 15.5. The van der Waals surface area contributed by atoms with E-state index < -0.39 is 0 Å². The molecule has 0 spiro atoms. The Morgan fingerprint density at radius 2 is 0.887 bits per heavy atom. The second kappa shape index (κ2) is 10.6. The molecule has 0 atom stereocenters. The molecule has 9 aromatic carbocycles. The summed E-state index contributed by atoms with van der Waals surface area (Å²) in [6.07, 6.45) is 0. The number of fused-ring (bicyclic) bond motifs is 14. The van der Waals surface area contributed by atoms with E-state index in [0.717, 1.165) is 0 Å². The molecule has 0 aliphatic heterocycles. The van der Waals surface area contributed by atoms with Gasteiger partial charge in [0.05, 0.1) is 0 Å². The minimum Gasteiger partial charge on any atom is -0.134 e. The summed E-state index contributed by atoms with van der Waals surface area (Å²) in [5.74, 6) is 0. The number of rotatable bonds is 2. The lowest BCUT2D eigenvalue weighted by Gasteiger charge is -2.23. The van der Waals surface area contributed by atoms with Gasteiger partial charge in [-0.3, -0.25) is 0 Å². The molecule has 248 valence electrons. The van der Waals surface area contributed by atoms with Gasteiger partial charge in [-0.1, -0.05) is 147 Å². The van der Waals surface area contributed by atoms with E-state index in [0.29, 0.717) is 0 Å². The molecule has 0 radical (unpaired) electrons. The van der Waals surface area contributed by atoms with Gasteiger partial charge in [0.1, 0.15) is 0 Å². The highest BCUT2D eigenvalue weighted by Crippen LogP contribution is 2.52. The van der Waals surface area contributed by atoms with E-state index in [-0.39, 0.29) is 5.41 Å². The molecule has 0 bridgehead atoms. The minimum atomic E-state index is -0.0553. The van der Waals surface area contributed by atoms with E-state index in [2.05, 4.69) is 172 Å². The van der Waals surface area contributed by atoms with Crippen LogP contribution in [0.25, 0.3) is 106 Å². The zero-order valence-electron chi connectivity index (χ0n) is 29.3. The predicted molar refractivity (Wildman–Crippen MR) is 233 cm³/mol. The third-order valence-electron chi connectivity index (χ3n) is 12.1. The standard InChI is InChI=1S/C51H32S2/c1-51(2)42-17-9-7-11-32(42)33-23-21-31(28-43(33)51)47-37-15-5-3-13-35(37)46(36-14-4-6-16-38(36)47)30-22-26-45-41(27-30)40-25-20-29-19-24-39-34-12-8-10-18-44(34)52-49(39)48(29)50(40)53-45/h3-28H,1-2H3. The van der Waals surface area contributed by atoms with Crippen LogP contribution >= 0.6 is 22.7 Å². The number of thiophene rings is 2. The zero-order chi connectivity index (χ0) is 35.0. The van der Waals surface area contributed by atoms with Crippen molar-refractivity contribution in [2.75, 3.05) is 0 Å². The highest BCUT2D eigenvalue weighted by molar-refractivity contribution is 7.29. The number of benzene rings is 9. The molecule has 0 amide bonds. The lowest BCUT2D eigenvalue weighted by molar-refractivity contribution is 0.660. The lowest BCUT2D eigenvalue weighted by Crippen LogP contribution is -2.14. The van der Waals surface area contributed by atoms with Crippen LogP contribution in [0.4, 0.5) is 0 Å². The van der Waals surface area contributed by atoms with Crippen LogP contribution in [0.2, 0.25) is 0 Å². The van der Waals surface area contributed by atoms with Gasteiger partial charge in [-0.25, -0.2) is 0 Å². The number of hydrogen-bond acceptors (Lipinski definition) is 2. The van der Waals surface area contributed by atoms with Gasteiger partial charge in [0.25, 0.3) is 0 Å².